The second kappa shape index (κ2) is 7.45. The first-order valence-corrected chi connectivity index (χ1v) is 6.29. The van der Waals surface area contributed by atoms with Crippen molar-refractivity contribution in [1.82, 2.24) is 4.90 Å². The van der Waals surface area contributed by atoms with Crippen molar-refractivity contribution in [3.8, 4) is 0 Å². The summed E-state index contributed by atoms with van der Waals surface area (Å²) in [7, 11) is 1.40. The monoisotopic (exact) mass is 241 g/mol. The van der Waals surface area contributed by atoms with Gasteiger partial charge in [-0.3, -0.25) is 4.90 Å². The first-order valence-electron chi connectivity index (χ1n) is 6.29. The SMILES string of the molecule is COC(=O)C(C)=CCN1CCCCC1CCO. The molecule has 1 aliphatic heterocycles. The Hall–Kier alpha value is -0.870. The van der Waals surface area contributed by atoms with Crippen molar-refractivity contribution in [3.05, 3.63) is 11.6 Å². The van der Waals surface area contributed by atoms with E-state index in [1.165, 1.54) is 20.0 Å². The Morgan fingerprint density at radius 3 is 2.94 bits per heavy atom. The number of hydrogen-bond acceptors (Lipinski definition) is 4. The van der Waals surface area contributed by atoms with Gasteiger partial charge in [0.1, 0.15) is 0 Å². The zero-order valence-electron chi connectivity index (χ0n) is 10.8. The van der Waals surface area contributed by atoms with Gasteiger partial charge in [0, 0.05) is 24.8 Å². The number of piperidine rings is 1. The zero-order chi connectivity index (χ0) is 12.7. The lowest BCUT2D eigenvalue weighted by molar-refractivity contribution is -0.136. The second-order valence-electron chi connectivity index (χ2n) is 4.54. The predicted octanol–water partition coefficient (Wildman–Crippen LogP) is 1.34. The highest BCUT2D eigenvalue weighted by atomic mass is 16.5. The summed E-state index contributed by atoms with van der Waals surface area (Å²) in [5.74, 6) is -0.263. The first-order chi connectivity index (χ1) is 8.19. The van der Waals surface area contributed by atoms with Crippen LogP contribution in [0.3, 0.4) is 0 Å². The molecule has 0 spiro atoms. The number of aliphatic hydroxyl groups excluding tert-OH is 1. The Balaban J connectivity index is 2.50. The molecule has 1 rings (SSSR count). The number of aliphatic hydroxyl groups is 1. The van der Waals surface area contributed by atoms with Crippen molar-refractivity contribution in [2.75, 3.05) is 26.8 Å². The average molecular weight is 241 g/mol. The van der Waals surface area contributed by atoms with E-state index in [0.717, 1.165) is 25.9 Å². The molecule has 0 radical (unpaired) electrons. The maximum atomic E-state index is 11.2. The van der Waals surface area contributed by atoms with Gasteiger partial charge in [0.2, 0.25) is 0 Å². The Bertz CT molecular complexity index is 274. The van der Waals surface area contributed by atoms with Gasteiger partial charge in [0.15, 0.2) is 0 Å². The van der Waals surface area contributed by atoms with E-state index in [0.29, 0.717) is 11.6 Å². The lowest BCUT2D eigenvalue weighted by Crippen LogP contribution is -2.40. The Labute approximate surface area is 103 Å². The van der Waals surface area contributed by atoms with E-state index in [2.05, 4.69) is 9.64 Å². The van der Waals surface area contributed by atoms with Crippen molar-refractivity contribution in [2.45, 2.75) is 38.6 Å². The summed E-state index contributed by atoms with van der Waals surface area (Å²) in [6, 6.07) is 0.454. The molecule has 0 aromatic rings. The van der Waals surface area contributed by atoms with Crippen LogP contribution < -0.4 is 0 Å². The summed E-state index contributed by atoms with van der Waals surface area (Å²) < 4.78 is 4.66. The van der Waals surface area contributed by atoms with Gasteiger partial charge in [0.05, 0.1) is 7.11 Å². The summed E-state index contributed by atoms with van der Waals surface area (Å²) in [5.41, 5.74) is 0.654. The average Bonchev–Trinajstić information content (AvgIpc) is 2.36. The van der Waals surface area contributed by atoms with Gasteiger partial charge in [-0.2, -0.15) is 0 Å². The Morgan fingerprint density at radius 1 is 1.53 bits per heavy atom. The number of carbonyl (C=O) groups is 1. The van der Waals surface area contributed by atoms with E-state index >= 15 is 0 Å². The number of carbonyl (C=O) groups excluding carboxylic acids is 1. The minimum absolute atomic E-state index is 0.237. The largest absolute Gasteiger partial charge is 0.466 e. The first kappa shape index (κ1) is 14.2. The molecule has 17 heavy (non-hydrogen) atoms. The van der Waals surface area contributed by atoms with Gasteiger partial charge < -0.3 is 9.84 Å². The molecule has 1 fully saturated rings. The van der Waals surface area contributed by atoms with E-state index in [4.69, 9.17) is 5.11 Å². The van der Waals surface area contributed by atoms with Crippen LogP contribution in [0.25, 0.3) is 0 Å². The summed E-state index contributed by atoms with van der Waals surface area (Å²) in [5, 5.41) is 9.02. The van der Waals surface area contributed by atoms with Crippen molar-refractivity contribution in [1.29, 1.82) is 0 Å². The quantitative estimate of drug-likeness (QED) is 0.583. The number of hydrogen-bond donors (Lipinski definition) is 1. The van der Waals surface area contributed by atoms with Gasteiger partial charge in [-0.05, 0) is 32.7 Å². The van der Waals surface area contributed by atoms with Gasteiger partial charge in [-0.25, -0.2) is 4.79 Å². The van der Waals surface area contributed by atoms with Crippen molar-refractivity contribution < 1.29 is 14.6 Å². The number of likely N-dealkylation sites (tertiary alicyclic amines) is 1. The molecule has 1 saturated heterocycles. The van der Waals surface area contributed by atoms with Crippen LogP contribution in [0.1, 0.15) is 32.6 Å². The summed E-state index contributed by atoms with van der Waals surface area (Å²) in [6.45, 7) is 3.83. The maximum absolute atomic E-state index is 11.2. The standard InChI is InChI=1S/C13H23NO3/c1-11(13(16)17-2)6-9-14-8-4-3-5-12(14)7-10-15/h6,12,15H,3-5,7-10H2,1-2H3. The van der Waals surface area contributed by atoms with Crippen molar-refractivity contribution in [2.24, 2.45) is 0 Å². The van der Waals surface area contributed by atoms with Gasteiger partial charge in [-0.1, -0.05) is 12.5 Å². The topological polar surface area (TPSA) is 49.8 Å². The molecule has 1 N–H and O–H groups in total. The third-order valence-electron chi connectivity index (χ3n) is 3.35. The zero-order valence-corrected chi connectivity index (χ0v) is 10.8. The summed E-state index contributed by atoms with van der Waals surface area (Å²) in [4.78, 5) is 13.6. The molecule has 4 nitrogen and oxygen atoms in total. The van der Waals surface area contributed by atoms with E-state index in [9.17, 15) is 4.79 Å². The molecular formula is C13H23NO3. The van der Waals surface area contributed by atoms with E-state index < -0.39 is 0 Å². The number of ether oxygens (including phenoxy) is 1. The molecule has 0 bridgehead atoms. The lowest BCUT2D eigenvalue weighted by Gasteiger charge is -2.34. The third kappa shape index (κ3) is 4.48. The Morgan fingerprint density at radius 2 is 2.29 bits per heavy atom. The van der Waals surface area contributed by atoms with Crippen LogP contribution in [-0.2, 0) is 9.53 Å². The van der Waals surface area contributed by atoms with Crippen LogP contribution in [0.15, 0.2) is 11.6 Å². The van der Waals surface area contributed by atoms with Gasteiger partial charge in [-0.15, -0.1) is 0 Å². The van der Waals surface area contributed by atoms with Gasteiger partial charge in [0.25, 0.3) is 0 Å². The second-order valence-corrected chi connectivity index (χ2v) is 4.54. The van der Waals surface area contributed by atoms with Crippen LogP contribution in [-0.4, -0.2) is 48.8 Å². The molecule has 1 heterocycles. The van der Waals surface area contributed by atoms with E-state index in [1.807, 2.05) is 6.08 Å². The molecule has 0 aromatic heterocycles. The molecule has 1 aliphatic rings. The molecular weight excluding hydrogens is 218 g/mol. The number of rotatable bonds is 5. The highest BCUT2D eigenvalue weighted by molar-refractivity contribution is 5.87. The van der Waals surface area contributed by atoms with E-state index in [-0.39, 0.29) is 12.6 Å². The molecule has 1 atom stereocenters. The lowest BCUT2D eigenvalue weighted by atomic mass is 9.99. The smallest absolute Gasteiger partial charge is 0.333 e. The minimum Gasteiger partial charge on any atom is -0.466 e. The summed E-state index contributed by atoms with van der Waals surface area (Å²) in [6.07, 6.45) is 6.33. The van der Waals surface area contributed by atoms with Crippen molar-refractivity contribution >= 4 is 5.97 Å². The highest BCUT2D eigenvalue weighted by Crippen LogP contribution is 2.19. The van der Waals surface area contributed by atoms with Crippen LogP contribution in [0, 0.1) is 0 Å². The molecule has 1 unspecified atom stereocenters. The maximum Gasteiger partial charge on any atom is 0.333 e. The van der Waals surface area contributed by atoms with Crippen LogP contribution >= 0.6 is 0 Å². The number of methoxy groups -OCH3 is 1. The predicted molar refractivity (Wildman–Crippen MR) is 66.7 cm³/mol. The molecule has 4 heteroatoms. The number of esters is 1. The van der Waals surface area contributed by atoms with Crippen LogP contribution in [0.5, 0.6) is 0 Å². The van der Waals surface area contributed by atoms with E-state index in [1.54, 1.807) is 6.92 Å². The highest BCUT2D eigenvalue weighted by Gasteiger charge is 2.20. The molecule has 0 saturated carbocycles. The van der Waals surface area contributed by atoms with Gasteiger partial charge >= 0.3 is 5.97 Å². The van der Waals surface area contributed by atoms with Crippen LogP contribution in [0.4, 0.5) is 0 Å². The Kier molecular flexibility index (Phi) is 6.22. The fraction of sp³-hybridized carbons (Fsp3) is 0.769. The number of nitrogens with zero attached hydrogens (tertiary/aromatic N) is 1. The molecule has 0 aromatic carbocycles. The normalized spacial score (nSPS) is 22.5. The third-order valence-corrected chi connectivity index (χ3v) is 3.35. The molecule has 0 aliphatic carbocycles. The van der Waals surface area contributed by atoms with Crippen LogP contribution in [0.2, 0.25) is 0 Å². The fourth-order valence-electron chi connectivity index (χ4n) is 2.27. The fourth-order valence-corrected chi connectivity index (χ4v) is 2.27. The molecule has 0 amide bonds. The minimum atomic E-state index is -0.263. The molecule has 98 valence electrons. The van der Waals surface area contributed by atoms with Crippen molar-refractivity contribution in [3.63, 3.8) is 0 Å². The summed E-state index contributed by atoms with van der Waals surface area (Å²) >= 11 is 0.